The second-order valence-electron chi connectivity index (χ2n) is 14.2. The van der Waals surface area contributed by atoms with Gasteiger partial charge in [-0.05, 0) is 51.5 Å². The Morgan fingerprint density at radius 3 is 1.71 bits per heavy atom. The first-order chi connectivity index (χ1) is 15.2. The normalized spacial score (nSPS) is 20.7. The lowest BCUT2D eigenvalue weighted by molar-refractivity contribution is -0.114. The quantitative estimate of drug-likeness (QED) is 0.430. The maximum absolute atomic E-state index is 13.6. The highest BCUT2D eigenvalue weighted by molar-refractivity contribution is 6.11. The zero-order valence-corrected chi connectivity index (χ0v) is 23.5. The summed E-state index contributed by atoms with van der Waals surface area (Å²) < 4.78 is 6.78. The van der Waals surface area contributed by atoms with Crippen LogP contribution in [0.2, 0.25) is 0 Å². The van der Waals surface area contributed by atoms with Crippen molar-refractivity contribution in [2.75, 3.05) is 5.32 Å². The Balaban J connectivity index is 2.36. The first-order valence-electron chi connectivity index (χ1n) is 12.5. The third-order valence-corrected chi connectivity index (χ3v) is 6.92. The fraction of sp³-hybridized carbons (Fsp3) is 0.581. The average molecular weight is 464 g/mol. The molecule has 0 amide bonds. The molecule has 1 aromatic carbocycles. The van der Waals surface area contributed by atoms with Gasteiger partial charge in [-0.25, -0.2) is 0 Å². The second kappa shape index (κ2) is 7.86. The SMILES string of the molecule is C=CC1Oc2c(cc(C(C)(C)C)cc2C(C)(C)C)NC12C=C(C(C)(C)C)C(=O)C(C(C)(C)C)=C2. The molecule has 1 spiro atoms. The van der Waals surface area contributed by atoms with E-state index in [1.807, 2.05) is 6.08 Å². The number of fused-ring (bicyclic) bond motifs is 1. The summed E-state index contributed by atoms with van der Waals surface area (Å²) in [5.41, 5.74) is 3.63. The Hall–Kier alpha value is -2.29. The molecule has 1 heterocycles. The second-order valence-corrected chi connectivity index (χ2v) is 14.2. The number of rotatable bonds is 1. The molecule has 2 aliphatic rings. The fourth-order valence-corrected chi connectivity index (χ4v) is 4.76. The van der Waals surface area contributed by atoms with Crippen LogP contribution in [0.3, 0.4) is 0 Å². The number of ether oxygens (including phenoxy) is 1. The van der Waals surface area contributed by atoms with Crippen LogP contribution in [0.15, 0.2) is 48.1 Å². The van der Waals surface area contributed by atoms with Crippen LogP contribution in [0.4, 0.5) is 5.69 Å². The van der Waals surface area contributed by atoms with Crippen molar-refractivity contribution in [3.05, 3.63) is 59.2 Å². The number of hydrogen-bond acceptors (Lipinski definition) is 3. The number of hydrogen-bond donors (Lipinski definition) is 1. The molecule has 0 fully saturated rings. The number of anilines is 1. The molecular formula is C31H45NO2. The Morgan fingerprint density at radius 1 is 0.824 bits per heavy atom. The maximum atomic E-state index is 13.6. The first-order valence-corrected chi connectivity index (χ1v) is 12.5. The van der Waals surface area contributed by atoms with Crippen molar-refractivity contribution in [3.8, 4) is 5.75 Å². The lowest BCUT2D eigenvalue weighted by Gasteiger charge is -2.47. The molecule has 1 aliphatic carbocycles. The minimum atomic E-state index is -0.695. The number of Topliss-reactive ketones (excluding diaryl/α,β-unsaturated/α-hetero) is 1. The molecule has 1 aliphatic heterocycles. The molecule has 186 valence electrons. The van der Waals surface area contributed by atoms with Gasteiger partial charge in [0, 0.05) is 16.7 Å². The molecule has 1 aromatic rings. The van der Waals surface area contributed by atoms with Gasteiger partial charge in [0.05, 0.1) is 5.69 Å². The van der Waals surface area contributed by atoms with E-state index in [1.165, 1.54) is 11.1 Å². The molecular weight excluding hydrogens is 418 g/mol. The first kappa shape index (κ1) is 26.3. The number of allylic oxidation sites excluding steroid dienone is 2. The van der Waals surface area contributed by atoms with Crippen LogP contribution in [0.5, 0.6) is 5.75 Å². The van der Waals surface area contributed by atoms with Crippen LogP contribution in [0, 0.1) is 10.8 Å². The van der Waals surface area contributed by atoms with Gasteiger partial charge in [-0.1, -0.05) is 95.7 Å². The number of carbonyl (C=O) groups is 1. The van der Waals surface area contributed by atoms with Crippen LogP contribution in [0.1, 0.15) is 94.2 Å². The Labute approximate surface area is 207 Å². The van der Waals surface area contributed by atoms with E-state index >= 15 is 0 Å². The van der Waals surface area contributed by atoms with Crippen LogP contribution in [-0.2, 0) is 15.6 Å². The predicted molar refractivity (Wildman–Crippen MR) is 145 cm³/mol. The summed E-state index contributed by atoms with van der Waals surface area (Å²) in [7, 11) is 0. The lowest BCUT2D eigenvalue weighted by atomic mass is 9.67. The summed E-state index contributed by atoms with van der Waals surface area (Å²) in [6, 6.07) is 4.51. The van der Waals surface area contributed by atoms with E-state index in [1.54, 1.807) is 0 Å². The summed E-state index contributed by atoms with van der Waals surface area (Å²) in [4.78, 5) is 13.6. The van der Waals surface area contributed by atoms with Gasteiger partial charge in [0.1, 0.15) is 17.4 Å². The minimum Gasteiger partial charge on any atom is -0.481 e. The smallest absolute Gasteiger partial charge is 0.185 e. The molecule has 1 atom stereocenters. The third-order valence-electron chi connectivity index (χ3n) is 6.92. The molecule has 1 unspecified atom stereocenters. The van der Waals surface area contributed by atoms with Crippen LogP contribution < -0.4 is 10.1 Å². The fourth-order valence-electron chi connectivity index (χ4n) is 4.76. The van der Waals surface area contributed by atoms with E-state index in [-0.39, 0.29) is 33.5 Å². The zero-order chi connectivity index (χ0) is 26.1. The van der Waals surface area contributed by atoms with E-state index < -0.39 is 5.54 Å². The van der Waals surface area contributed by atoms with Crippen molar-refractivity contribution in [2.24, 2.45) is 10.8 Å². The Bertz CT molecular complexity index is 1040. The Morgan fingerprint density at radius 2 is 1.32 bits per heavy atom. The van der Waals surface area contributed by atoms with Gasteiger partial charge in [0.15, 0.2) is 5.78 Å². The summed E-state index contributed by atoms with van der Waals surface area (Å²) in [5.74, 6) is 1.00. The number of nitrogens with one attached hydrogen (secondary N) is 1. The van der Waals surface area contributed by atoms with Crippen LogP contribution in [0.25, 0.3) is 0 Å². The van der Waals surface area contributed by atoms with Crippen LogP contribution >= 0.6 is 0 Å². The maximum Gasteiger partial charge on any atom is 0.185 e. The third kappa shape index (κ3) is 4.63. The summed E-state index contributed by atoms with van der Waals surface area (Å²) in [6.07, 6.45) is 5.70. The van der Waals surface area contributed by atoms with E-state index in [2.05, 4.69) is 119 Å². The van der Waals surface area contributed by atoms with Gasteiger partial charge in [-0.15, -0.1) is 0 Å². The zero-order valence-electron chi connectivity index (χ0n) is 23.5. The largest absolute Gasteiger partial charge is 0.481 e. The van der Waals surface area contributed by atoms with E-state index in [0.717, 1.165) is 22.6 Å². The van der Waals surface area contributed by atoms with Gasteiger partial charge in [-0.2, -0.15) is 0 Å². The summed E-state index contributed by atoms with van der Waals surface area (Å²) in [6.45, 7) is 30.1. The molecule has 3 rings (SSSR count). The summed E-state index contributed by atoms with van der Waals surface area (Å²) >= 11 is 0. The summed E-state index contributed by atoms with van der Waals surface area (Å²) in [5, 5.41) is 3.86. The minimum absolute atomic E-state index is 0.0134. The average Bonchev–Trinajstić information content (AvgIpc) is 2.64. The number of carbonyl (C=O) groups excluding carboxylic acids is 1. The van der Waals surface area contributed by atoms with E-state index in [9.17, 15) is 4.79 Å². The standard InChI is InChI=1S/C31H45NO2/c1-14-24-31(17-21(29(8,9)10)25(33)22(18-31)30(11,12)13)32-23-16-19(27(2,3)4)15-20(26(23)34-24)28(5,6)7/h14-18,24,32H,1H2,2-13H3. The molecule has 3 heteroatoms. The van der Waals surface area contributed by atoms with Crippen molar-refractivity contribution in [1.29, 1.82) is 0 Å². The van der Waals surface area contributed by atoms with Gasteiger partial charge >= 0.3 is 0 Å². The van der Waals surface area contributed by atoms with Gasteiger partial charge in [-0.3, -0.25) is 4.79 Å². The highest BCUT2D eigenvalue weighted by Gasteiger charge is 2.48. The highest BCUT2D eigenvalue weighted by atomic mass is 16.5. The molecule has 3 nitrogen and oxygen atoms in total. The molecule has 0 radical (unpaired) electrons. The van der Waals surface area contributed by atoms with E-state index in [4.69, 9.17) is 4.74 Å². The van der Waals surface area contributed by atoms with Crippen molar-refractivity contribution in [2.45, 2.75) is 106 Å². The van der Waals surface area contributed by atoms with Gasteiger partial charge in [0.2, 0.25) is 0 Å². The molecule has 0 bridgehead atoms. The highest BCUT2D eigenvalue weighted by Crippen LogP contribution is 2.50. The molecule has 0 aromatic heterocycles. The number of benzene rings is 1. The van der Waals surface area contributed by atoms with Crippen molar-refractivity contribution >= 4 is 11.5 Å². The van der Waals surface area contributed by atoms with Gasteiger partial charge in [0.25, 0.3) is 0 Å². The monoisotopic (exact) mass is 463 g/mol. The predicted octanol–water partition coefficient (Wildman–Crippen LogP) is 7.91. The number of ketones is 1. The van der Waals surface area contributed by atoms with Gasteiger partial charge < -0.3 is 10.1 Å². The van der Waals surface area contributed by atoms with Crippen molar-refractivity contribution in [1.82, 2.24) is 0 Å². The molecule has 0 saturated heterocycles. The lowest BCUT2D eigenvalue weighted by Crippen LogP contribution is -2.54. The van der Waals surface area contributed by atoms with Crippen molar-refractivity contribution in [3.63, 3.8) is 0 Å². The molecule has 1 N–H and O–H groups in total. The topological polar surface area (TPSA) is 38.3 Å². The van der Waals surface area contributed by atoms with Crippen LogP contribution in [-0.4, -0.2) is 17.4 Å². The molecule has 0 saturated carbocycles. The van der Waals surface area contributed by atoms with Crippen molar-refractivity contribution < 1.29 is 9.53 Å². The van der Waals surface area contributed by atoms with E-state index in [0.29, 0.717) is 0 Å². The molecule has 34 heavy (non-hydrogen) atoms. The Kier molecular flexibility index (Phi) is 6.09.